The van der Waals surface area contributed by atoms with Gasteiger partial charge in [0.2, 0.25) is 0 Å². The summed E-state index contributed by atoms with van der Waals surface area (Å²) >= 11 is 0. The summed E-state index contributed by atoms with van der Waals surface area (Å²) in [6, 6.07) is 11.7. The third kappa shape index (κ3) is 3.02. The van der Waals surface area contributed by atoms with E-state index in [9.17, 15) is 4.39 Å². The first kappa shape index (κ1) is 12.9. The van der Waals surface area contributed by atoms with Crippen LogP contribution in [0.2, 0.25) is 0 Å². The number of nitrogen functional groups attached to an aromatic ring is 1. The highest BCUT2D eigenvalue weighted by atomic mass is 19.1. The summed E-state index contributed by atoms with van der Waals surface area (Å²) in [7, 11) is 0. The van der Waals surface area contributed by atoms with Crippen molar-refractivity contribution >= 4 is 5.69 Å². The summed E-state index contributed by atoms with van der Waals surface area (Å²) in [5, 5.41) is 8.78. The standard InChI is InChI=1S/C15H13FN2O/c1-10-6-11(8-17)2-3-12(10)9-19-15-5-4-13(18)7-14(15)16/h2-7H,9,18H2,1H3. The molecular formula is C15H13FN2O. The minimum atomic E-state index is -0.480. The molecule has 0 saturated carbocycles. The molecule has 0 aliphatic rings. The van der Waals surface area contributed by atoms with Crippen molar-refractivity contribution in [2.45, 2.75) is 13.5 Å². The van der Waals surface area contributed by atoms with E-state index >= 15 is 0 Å². The Labute approximate surface area is 111 Å². The second kappa shape index (κ2) is 5.40. The number of hydrogen-bond acceptors (Lipinski definition) is 3. The maximum absolute atomic E-state index is 13.5. The number of nitrogens with zero attached hydrogens (tertiary/aromatic N) is 1. The van der Waals surface area contributed by atoms with Crippen LogP contribution in [0.4, 0.5) is 10.1 Å². The molecule has 3 nitrogen and oxygen atoms in total. The van der Waals surface area contributed by atoms with Crippen molar-refractivity contribution in [2.75, 3.05) is 5.73 Å². The highest BCUT2D eigenvalue weighted by Crippen LogP contribution is 2.21. The van der Waals surface area contributed by atoms with Gasteiger partial charge in [-0.05, 0) is 42.3 Å². The van der Waals surface area contributed by atoms with E-state index in [1.807, 2.05) is 13.0 Å². The Hall–Kier alpha value is -2.54. The van der Waals surface area contributed by atoms with Crippen LogP contribution in [0.3, 0.4) is 0 Å². The second-order valence-corrected chi connectivity index (χ2v) is 4.23. The van der Waals surface area contributed by atoms with E-state index in [-0.39, 0.29) is 12.4 Å². The highest BCUT2D eigenvalue weighted by molar-refractivity contribution is 5.43. The molecule has 19 heavy (non-hydrogen) atoms. The number of nitrogens with two attached hydrogens (primary N) is 1. The van der Waals surface area contributed by atoms with E-state index in [1.165, 1.54) is 12.1 Å². The molecule has 0 radical (unpaired) electrons. The van der Waals surface area contributed by atoms with E-state index in [0.717, 1.165) is 11.1 Å². The summed E-state index contributed by atoms with van der Waals surface area (Å²) in [6.45, 7) is 2.14. The molecule has 0 fully saturated rings. The Morgan fingerprint density at radius 1 is 1.26 bits per heavy atom. The van der Waals surface area contributed by atoms with E-state index < -0.39 is 5.82 Å². The van der Waals surface area contributed by atoms with Gasteiger partial charge in [-0.1, -0.05) is 6.07 Å². The molecule has 2 rings (SSSR count). The smallest absolute Gasteiger partial charge is 0.167 e. The first-order chi connectivity index (χ1) is 9.10. The van der Waals surface area contributed by atoms with Gasteiger partial charge >= 0.3 is 0 Å². The molecule has 0 aliphatic heterocycles. The van der Waals surface area contributed by atoms with Crippen molar-refractivity contribution in [3.8, 4) is 11.8 Å². The summed E-state index contributed by atoms with van der Waals surface area (Å²) in [5.41, 5.74) is 8.27. The maximum atomic E-state index is 13.5. The van der Waals surface area contributed by atoms with Crippen LogP contribution in [0.1, 0.15) is 16.7 Å². The lowest BCUT2D eigenvalue weighted by molar-refractivity contribution is 0.289. The fraction of sp³-hybridized carbons (Fsp3) is 0.133. The molecule has 0 atom stereocenters. The van der Waals surface area contributed by atoms with Gasteiger partial charge in [0.1, 0.15) is 6.61 Å². The van der Waals surface area contributed by atoms with Crippen LogP contribution < -0.4 is 10.5 Å². The van der Waals surface area contributed by atoms with Gasteiger partial charge in [-0.3, -0.25) is 0 Å². The van der Waals surface area contributed by atoms with Crippen molar-refractivity contribution < 1.29 is 9.13 Å². The van der Waals surface area contributed by atoms with Crippen LogP contribution in [0.25, 0.3) is 0 Å². The topological polar surface area (TPSA) is 59.0 Å². The van der Waals surface area contributed by atoms with Gasteiger partial charge in [-0.25, -0.2) is 4.39 Å². The zero-order chi connectivity index (χ0) is 13.8. The largest absolute Gasteiger partial charge is 0.486 e. The molecule has 96 valence electrons. The lowest BCUT2D eigenvalue weighted by Gasteiger charge is -2.10. The van der Waals surface area contributed by atoms with Gasteiger partial charge in [0.15, 0.2) is 11.6 Å². The van der Waals surface area contributed by atoms with Crippen LogP contribution in [-0.2, 0) is 6.61 Å². The Morgan fingerprint density at radius 2 is 2.05 bits per heavy atom. The van der Waals surface area contributed by atoms with E-state index in [2.05, 4.69) is 6.07 Å². The van der Waals surface area contributed by atoms with Crippen molar-refractivity contribution in [1.82, 2.24) is 0 Å². The molecular weight excluding hydrogens is 243 g/mol. The predicted octanol–water partition coefficient (Wildman–Crippen LogP) is 3.17. The fourth-order valence-corrected chi connectivity index (χ4v) is 1.72. The van der Waals surface area contributed by atoms with Crippen LogP contribution in [0.15, 0.2) is 36.4 Å². The normalized spacial score (nSPS) is 9.95. The second-order valence-electron chi connectivity index (χ2n) is 4.23. The summed E-state index contributed by atoms with van der Waals surface area (Å²) in [5.74, 6) is -0.316. The number of anilines is 1. The maximum Gasteiger partial charge on any atom is 0.167 e. The number of benzene rings is 2. The van der Waals surface area contributed by atoms with Crippen molar-refractivity contribution in [1.29, 1.82) is 5.26 Å². The number of nitriles is 1. The first-order valence-electron chi connectivity index (χ1n) is 5.77. The summed E-state index contributed by atoms with van der Waals surface area (Å²) < 4.78 is 18.9. The van der Waals surface area contributed by atoms with Gasteiger partial charge in [0.05, 0.1) is 11.6 Å². The van der Waals surface area contributed by atoms with Crippen molar-refractivity contribution in [2.24, 2.45) is 0 Å². The Bertz CT molecular complexity index is 647. The molecule has 0 saturated heterocycles. The average Bonchev–Trinajstić information content (AvgIpc) is 2.39. The van der Waals surface area contributed by atoms with Crippen LogP contribution in [0, 0.1) is 24.1 Å². The molecule has 0 spiro atoms. The average molecular weight is 256 g/mol. The minimum absolute atomic E-state index is 0.165. The Morgan fingerprint density at radius 3 is 2.68 bits per heavy atom. The molecule has 4 heteroatoms. The fourth-order valence-electron chi connectivity index (χ4n) is 1.72. The van der Waals surface area contributed by atoms with Crippen LogP contribution >= 0.6 is 0 Å². The molecule has 0 unspecified atom stereocenters. The number of hydrogen-bond donors (Lipinski definition) is 1. The lowest BCUT2D eigenvalue weighted by Crippen LogP contribution is -2.00. The molecule has 0 aromatic heterocycles. The van der Waals surface area contributed by atoms with Gasteiger partial charge in [-0.2, -0.15) is 5.26 Å². The molecule has 0 amide bonds. The predicted molar refractivity (Wildman–Crippen MR) is 71.0 cm³/mol. The summed E-state index contributed by atoms with van der Waals surface area (Å²) in [6.07, 6.45) is 0. The number of rotatable bonds is 3. The SMILES string of the molecule is Cc1cc(C#N)ccc1COc1ccc(N)cc1F. The van der Waals surface area contributed by atoms with Gasteiger partial charge < -0.3 is 10.5 Å². The van der Waals surface area contributed by atoms with E-state index in [0.29, 0.717) is 11.3 Å². The third-order valence-electron chi connectivity index (χ3n) is 2.81. The monoisotopic (exact) mass is 256 g/mol. The van der Waals surface area contributed by atoms with Crippen molar-refractivity contribution in [3.63, 3.8) is 0 Å². The summed E-state index contributed by atoms with van der Waals surface area (Å²) in [4.78, 5) is 0. The van der Waals surface area contributed by atoms with Crippen LogP contribution in [0.5, 0.6) is 5.75 Å². The number of ether oxygens (including phenoxy) is 1. The molecule has 2 aromatic carbocycles. The van der Waals surface area contributed by atoms with Crippen molar-refractivity contribution in [3.05, 3.63) is 58.9 Å². The van der Waals surface area contributed by atoms with Crippen LogP contribution in [-0.4, -0.2) is 0 Å². The number of halogens is 1. The van der Waals surface area contributed by atoms with E-state index in [1.54, 1.807) is 18.2 Å². The molecule has 0 aliphatic carbocycles. The lowest BCUT2D eigenvalue weighted by atomic mass is 10.1. The molecule has 0 bridgehead atoms. The zero-order valence-electron chi connectivity index (χ0n) is 10.5. The minimum Gasteiger partial charge on any atom is -0.486 e. The quantitative estimate of drug-likeness (QED) is 0.858. The van der Waals surface area contributed by atoms with Gasteiger partial charge in [0.25, 0.3) is 0 Å². The van der Waals surface area contributed by atoms with Gasteiger partial charge in [-0.15, -0.1) is 0 Å². The Kier molecular flexibility index (Phi) is 3.67. The first-order valence-corrected chi connectivity index (χ1v) is 5.77. The number of aryl methyl sites for hydroxylation is 1. The Balaban J connectivity index is 2.13. The molecule has 0 heterocycles. The molecule has 2 aromatic rings. The molecule has 2 N–H and O–H groups in total. The van der Waals surface area contributed by atoms with E-state index in [4.69, 9.17) is 15.7 Å². The third-order valence-corrected chi connectivity index (χ3v) is 2.81. The zero-order valence-corrected chi connectivity index (χ0v) is 10.5. The highest BCUT2D eigenvalue weighted by Gasteiger charge is 2.06. The van der Waals surface area contributed by atoms with Gasteiger partial charge in [0, 0.05) is 11.8 Å².